The Morgan fingerprint density at radius 1 is 0.608 bits per heavy atom. The van der Waals surface area contributed by atoms with E-state index in [0.717, 1.165) is 67.5 Å². The number of fused-ring (bicyclic) bond motifs is 2. The number of rotatable bonds is 14. The van der Waals surface area contributed by atoms with Crippen molar-refractivity contribution < 1.29 is 14.9 Å². The molecule has 0 radical (unpaired) electrons. The number of aromatic hydroxyl groups is 1. The third-order valence-electron chi connectivity index (χ3n) is 8.44. The smallest absolute Gasteiger partial charge is 0.121 e. The van der Waals surface area contributed by atoms with Crippen molar-refractivity contribution in [1.29, 1.82) is 0 Å². The number of allylic oxidation sites excluding steroid dienone is 6. The molecule has 0 aliphatic carbocycles. The second-order valence-corrected chi connectivity index (χ2v) is 12.2. The van der Waals surface area contributed by atoms with Gasteiger partial charge in [0.05, 0.1) is 17.6 Å². The summed E-state index contributed by atoms with van der Waals surface area (Å²) in [7, 11) is 4.13. The molecule has 5 heteroatoms. The van der Waals surface area contributed by atoms with Gasteiger partial charge < -0.3 is 24.1 Å². The number of ether oxygens (including phenoxy) is 1. The fourth-order valence-electron chi connectivity index (χ4n) is 5.71. The summed E-state index contributed by atoms with van der Waals surface area (Å²) in [5, 5.41) is 20.3. The Hall–Kier alpha value is -5.52. The van der Waals surface area contributed by atoms with E-state index in [0.29, 0.717) is 12.4 Å². The number of aliphatic hydroxyl groups excluding tert-OH is 1. The van der Waals surface area contributed by atoms with Crippen LogP contribution in [0, 0.1) is 0 Å². The lowest BCUT2D eigenvalue weighted by Gasteiger charge is -2.07. The van der Waals surface area contributed by atoms with E-state index in [1.165, 1.54) is 27.7 Å². The van der Waals surface area contributed by atoms with E-state index in [1.807, 2.05) is 49.5 Å². The molecule has 0 saturated heterocycles. The molecule has 0 amide bonds. The highest BCUT2D eigenvalue weighted by Crippen LogP contribution is 2.30. The Kier molecular flexibility index (Phi) is 15.7. The molecule has 0 atom stereocenters. The van der Waals surface area contributed by atoms with Crippen LogP contribution in [0.15, 0.2) is 159 Å². The molecular weight excluding hydrogens is 629 g/mol. The molecule has 0 aliphatic heterocycles. The number of aromatic nitrogens is 2. The van der Waals surface area contributed by atoms with Crippen LogP contribution in [0.1, 0.15) is 38.5 Å². The van der Waals surface area contributed by atoms with E-state index < -0.39 is 0 Å². The molecule has 2 aromatic heterocycles. The molecule has 6 rings (SSSR count). The van der Waals surface area contributed by atoms with Crippen LogP contribution in [-0.4, -0.2) is 32.6 Å². The van der Waals surface area contributed by atoms with Crippen molar-refractivity contribution in [1.82, 2.24) is 9.13 Å². The van der Waals surface area contributed by atoms with Crippen molar-refractivity contribution in [3.05, 3.63) is 159 Å². The SMILES string of the molecule is C=CC/C=C/CCCO.C=CC/C=C/CCCOc1ccc2cc(-c3ccccc3)n(C)c2c1.Cn1c(-c2ccccc2)cc2ccc(O)cc21. The van der Waals surface area contributed by atoms with E-state index in [1.54, 1.807) is 12.1 Å². The van der Waals surface area contributed by atoms with Crippen LogP contribution in [0.5, 0.6) is 11.5 Å². The van der Waals surface area contributed by atoms with Crippen LogP contribution in [0.4, 0.5) is 0 Å². The van der Waals surface area contributed by atoms with Gasteiger partial charge in [-0.3, -0.25) is 0 Å². The van der Waals surface area contributed by atoms with Crippen LogP contribution >= 0.6 is 0 Å². The number of phenols is 1. The average Bonchev–Trinajstić information content (AvgIpc) is 3.67. The molecule has 4 aromatic carbocycles. The van der Waals surface area contributed by atoms with Crippen molar-refractivity contribution in [3.63, 3.8) is 0 Å². The van der Waals surface area contributed by atoms with E-state index >= 15 is 0 Å². The molecule has 2 N–H and O–H groups in total. The summed E-state index contributed by atoms with van der Waals surface area (Å²) in [5.74, 6) is 1.24. The van der Waals surface area contributed by atoms with Crippen LogP contribution < -0.4 is 4.74 Å². The van der Waals surface area contributed by atoms with Gasteiger partial charge in [0.25, 0.3) is 0 Å². The predicted octanol–water partition coefficient (Wildman–Crippen LogP) is 11.6. The Morgan fingerprint density at radius 3 is 1.65 bits per heavy atom. The zero-order chi connectivity index (χ0) is 36.3. The minimum atomic E-state index is 0.290. The molecule has 2 heterocycles. The van der Waals surface area contributed by atoms with E-state index in [2.05, 4.69) is 120 Å². The van der Waals surface area contributed by atoms with Crippen LogP contribution in [0.25, 0.3) is 44.3 Å². The van der Waals surface area contributed by atoms with Gasteiger partial charge in [-0.2, -0.15) is 0 Å². The molecule has 0 bridgehead atoms. The summed E-state index contributed by atoms with van der Waals surface area (Å²) in [6.45, 7) is 8.31. The van der Waals surface area contributed by atoms with E-state index in [9.17, 15) is 5.11 Å². The van der Waals surface area contributed by atoms with Crippen LogP contribution in [0.2, 0.25) is 0 Å². The molecule has 6 aromatic rings. The highest BCUT2D eigenvalue weighted by Gasteiger charge is 2.09. The number of phenolic OH excluding ortho intramolecular Hbond substituents is 1. The third-order valence-corrected chi connectivity index (χ3v) is 8.44. The van der Waals surface area contributed by atoms with Gasteiger partial charge in [0.1, 0.15) is 11.5 Å². The Labute approximate surface area is 303 Å². The quantitative estimate of drug-likeness (QED) is 0.0889. The van der Waals surface area contributed by atoms with Crippen molar-refractivity contribution in [2.24, 2.45) is 14.1 Å². The molecule has 0 unspecified atom stereocenters. The second-order valence-electron chi connectivity index (χ2n) is 12.2. The molecule has 0 spiro atoms. The zero-order valence-corrected chi connectivity index (χ0v) is 30.1. The Balaban J connectivity index is 0.000000193. The number of nitrogens with zero attached hydrogens (tertiary/aromatic N) is 2. The fraction of sp³-hybridized carbons (Fsp3) is 0.217. The molecule has 0 saturated carbocycles. The van der Waals surface area contributed by atoms with Crippen molar-refractivity contribution in [2.45, 2.75) is 38.5 Å². The first-order valence-corrected chi connectivity index (χ1v) is 17.7. The van der Waals surface area contributed by atoms with Crippen molar-refractivity contribution >= 4 is 21.8 Å². The van der Waals surface area contributed by atoms with E-state index in [4.69, 9.17) is 9.84 Å². The molecular formula is C46H52N2O3. The average molecular weight is 681 g/mol. The summed E-state index contributed by atoms with van der Waals surface area (Å²) >= 11 is 0. The van der Waals surface area contributed by atoms with Gasteiger partial charge in [0.2, 0.25) is 0 Å². The lowest BCUT2D eigenvalue weighted by molar-refractivity contribution is 0.289. The highest BCUT2D eigenvalue weighted by molar-refractivity contribution is 5.89. The second kappa shape index (κ2) is 20.9. The number of unbranched alkanes of at least 4 members (excludes halogenated alkanes) is 2. The van der Waals surface area contributed by atoms with Crippen molar-refractivity contribution in [2.75, 3.05) is 13.2 Å². The Bertz CT molecular complexity index is 2000. The Morgan fingerprint density at radius 2 is 1.12 bits per heavy atom. The third kappa shape index (κ3) is 11.5. The normalized spacial score (nSPS) is 11.0. The minimum absolute atomic E-state index is 0.290. The number of aliphatic hydroxyl groups is 1. The first kappa shape index (κ1) is 38.3. The lowest BCUT2D eigenvalue weighted by Crippen LogP contribution is -1.97. The zero-order valence-electron chi connectivity index (χ0n) is 30.1. The highest BCUT2D eigenvalue weighted by atomic mass is 16.5. The van der Waals surface area contributed by atoms with Gasteiger partial charge in [-0.1, -0.05) is 97.1 Å². The molecule has 264 valence electrons. The van der Waals surface area contributed by atoms with Crippen molar-refractivity contribution in [3.8, 4) is 34.0 Å². The van der Waals surface area contributed by atoms with Gasteiger partial charge in [-0.25, -0.2) is 0 Å². The molecule has 51 heavy (non-hydrogen) atoms. The topological polar surface area (TPSA) is 59.5 Å². The summed E-state index contributed by atoms with van der Waals surface area (Å²) < 4.78 is 10.3. The molecule has 0 aliphatic rings. The first-order chi connectivity index (χ1) is 25.0. The predicted molar refractivity (Wildman–Crippen MR) is 217 cm³/mol. The summed E-state index contributed by atoms with van der Waals surface area (Å²) in [4.78, 5) is 0. The van der Waals surface area contributed by atoms with E-state index in [-0.39, 0.29) is 0 Å². The number of hydrogen-bond acceptors (Lipinski definition) is 3. The van der Waals surface area contributed by atoms with Gasteiger partial charge >= 0.3 is 0 Å². The largest absolute Gasteiger partial charge is 0.508 e. The maximum Gasteiger partial charge on any atom is 0.121 e. The van der Waals surface area contributed by atoms with Crippen LogP contribution in [0.3, 0.4) is 0 Å². The summed E-state index contributed by atoms with van der Waals surface area (Å²) in [5.41, 5.74) is 7.04. The first-order valence-electron chi connectivity index (χ1n) is 17.7. The summed E-state index contributed by atoms with van der Waals surface area (Å²) in [6, 6.07) is 36.9. The number of hydrogen-bond donors (Lipinski definition) is 2. The molecule has 0 fully saturated rings. The maximum atomic E-state index is 9.52. The lowest BCUT2D eigenvalue weighted by atomic mass is 10.1. The van der Waals surface area contributed by atoms with Gasteiger partial charge in [0.15, 0.2) is 0 Å². The van der Waals surface area contributed by atoms with Crippen LogP contribution in [-0.2, 0) is 14.1 Å². The van der Waals surface area contributed by atoms with Gasteiger partial charge in [-0.05, 0) is 86.1 Å². The maximum absolute atomic E-state index is 9.52. The number of aryl methyl sites for hydroxylation is 2. The van der Waals surface area contributed by atoms with Gasteiger partial charge in [0, 0.05) is 55.0 Å². The number of benzene rings is 4. The standard InChI is InChI=1S/C23H25NO.C15H13NO.C8H14O/c1-3-4-5-6-7-11-16-25-21-15-14-20-17-22(24(2)23(20)18-21)19-12-9-8-10-13-19;1-16-14(11-5-3-2-4-6-11)9-12-7-8-13(17)10-15(12)16;1-2-3-4-5-6-7-8-9/h3,5-6,8-10,12-15,17-18H,1,4,7,11,16H2,2H3;2-10,17H,1H3;2,4-5,9H,1,3,6-8H2/b6-5+;;5-4+. The monoisotopic (exact) mass is 680 g/mol. The van der Waals surface area contributed by atoms with Gasteiger partial charge in [-0.15, -0.1) is 13.2 Å². The summed E-state index contributed by atoms with van der Waals surface area (Å²) in [6.07, 6.45) is 18.0. The molecule has 5 nitrogen and oxygen atoms in total. The minimum Gasteiger partial charge on any atom is -0.508 e. The fourth-order valence-corrected chi connectivity index (χ4v) is 5.71.